The number of fused-ring (bicyclic) bond motifs is 1. The second kappa shape index (κ2) is 5.99. The third-order valence-electron chi connectivity index (χ3n) is 3.93. The zero-order chi connectivity index (χ0) is 18.3. The van der Waals surface area contributed by atoms with Crippen molar-refractivity contribution in [1.29, 1.82) is 0 Å². The molecule has 2 heterocycles. The number of carbonyl (C=O) groups is 1. The largest absolute Gasteiger partial charge is 0.419 e. The van der Waals surface area contributed by atoms with Crippen molar-refractivity contribution >= 4 is 22.7 Å². The zero-order valence-corrected chi connectivity index (χ0v) is 14.0. The summed E-state index contributed by atoms with van der Waals surface area (Å²) in [5, 5.41) is 6.68. The fraction of sp³-hybridized carbons (Fsp3) is 0.111. The molecule has 0 aliphatic heterocycles. The third kappa shape index (κ3) is 2.77. The predicted octanol–water partition coefficient (Wildman–Crippen LogP) is 2.81. The smallest absolute Gasteiger partial charge is 0.408 e. The Morgan fingerprint density at radius 1 is 1.12 bits per heavy atom. The monoisotopic (exact) mass is 350 g/mol. The van der Waals surface area contributed by atoms with E-state index in [4.69, 9.17) is 8.94 Å². The summed E-state index contributed by atoms with van der Waals surface area (Å²) in [6.45, 7) is 1.45. The molecule has 0 spiro atoms. The van der Waals surface area contributed by atoms with Crippen molar-refractivity contribution in [2.45, 2.75) is 6.92 Å². The van der Waals surface area contributed by atoms with Crippen molar-refractivity contribution in [3.05, 3.63) is 53.0 Å². The van der Waals surface area contributed by atoms with E-state index in [1.807, 2.05) is 0 Å². The molecule has 0 saturated heterocycles. The van der Waals surface area contributed by atoms with E-state index in [1.165, 1.54) is 11.5 Å². The standard InChI is InChI=1S/C18H14N4O4/c1-10(23)19-13-6-3-11(4-7-13)17-20-16(21-26-17)12-5-8-14-15(9-12)25-18(24)22(14)2/h3-9H,1-2H3,(H,19,23). The lowest BCUT2D eigenvalue weighted by Crippen LogP contribution is -2.08. The Morgan fingerprint density at radius 3 is 2.58 bits per heavy atom. The summed E-state index contributed by atoms with van der Waals surface area (Å²) in [5.74, 6) is 0.175. The topological polar surface area (TPSA) is 103 Å². The van der Waals surface area contributed by atoms with Crippen LogP contribution in [-0.4, -0.2) is 20.6 Å². The van der Waals surface area contributed by atoms with E-state index < -0.39 is 5.76 Å². The molecule has 8 nitrogen and oxygen atoms in total. The van der Waals surface area contributed by atoms with Gasteiger partial charge in [-0.25, -0.2) is 4.79 Å². The van der Waals surface area contributed by atoms with Gasteiger partial charge in [0.15, 0.2) is 5.58 Å². The first-order valence-corrected chi connectivity index (χ1v) is 7.83. The molecule has 26 heavy (non-hydrogen) atoms. The van der Waals surface area contributed by atoms with E-state index in [0.29, 0.717) is 34.1 Å². The summed E-state index contributed by atoms with van der Waals surface area (Å²) >= 11 is 0. The highest BCUT2D eigenvalue weighted by Crippen LogP contribution is 2.25. The SMILES string of the molecule is CC(=O)Nc1ccc(-c2nc(-c3ccc4c(c3)oc(=O)n4C)no2)cc1. The van der Waals surface area contributed by atoms with Crippen molar-refractivity contribution in [2.24, 2.45) is 7.05 Å². The molecule has 0 fully saturated rings. The highest BCUT2D eigenvalue weighted by Gasteiger charge is 2.13. The van der Waals surface area contributed by atoms with Crippen molar-refractivity contribution < 1.29 is 13.7 Å². The van der Waals surface area contributed by atoms with Crippen LogP contribution in [0.2, 0.25) is 0 Å². The number of anilines is 1. The van der Waals surface area contributed by atoms with E-state index in [-0.39, 0.29) is 5.91 Å². The summed E-state index contributed by atoms with van der Waals surface area (Å²) in [6, 6.07) is 12.3. The van der Waals surface area contributed by atoms with E-state index >= 15 is 0 Å². The Bertz CT molecular complexity index is 1170. The van der Waals surface area contributed by atoms with Crippen LogP contribution in [0.1, 0.15) is 6.92 Å². The zero-order valence-electron chi connectivity index (χ0n) is 14.0. The lowest BCUT2D eigenvalue weighted by molar-refractivity contribution is -0.114. The maximum absolute atomic E-state index is 11.6. The summed E-state index contributed by atoms with van der Waals surface area (Å²) in [7, 11) is 1.64. The van der Waals surface area contributed by atoms with Gasteiger partial charge in [-0.2, -0.15) is 4.98 Å². The quantitative estimate of drug-likeness (QED) is 0.609. The van der Waals surface area contributed by atoms with Gasteiger partial charge in [-0.1, -0.05) is 5.16 Å². The highest BCUT2D eigenvalue weighted by molar-refractivity contribution is 5.88. The number of rotatable bonds is 3. The van der Waals surface area contributed by atoms with Crippen molar-refractivity contribution in [3.63, 3.8) is 0 Å². The summed E-state index contributed by atoms with van der Waals surface area (Å²) in [6.07, 6.45) is 0. The minimum absolute atomic E-state index is 0.138. The Hall–Kier alpha value is -3.68. The third-order valence-corrected chi connectivity index (χ3v) is 3.93. The van der Waals surface area contributed by atoms with Crippen LogP contribution < -0.4 is 11.1 Å². The van der Waals surface area contributed by atoms with Crippen LogP contribution in [0.15, 0.2) is 56.2 Å². The molecule has 0 radical (unpaired) electrons. The molecular weight excluding hydrogens is 336 g/mol. The fourth-order valence-corrected chi connectivity index (χ4v) is 2.63. The predicted molar refractivity (Wildman–Crippen MR) is 94.5 cm³/mol. The van der Waals surface area contributed by atoms with Crippen LogP contribution in [0.4, 0.5) is 5.69 Å². The van der Waals surface area contributed by atoms with E-state index in [1.54, 1.807) is 49.5 Å². The van der Waals surface area contributed by atoms with Crippen LogP contribution in [0.25, 0.3) is 33.9 Å². The van der Waals surface area contributed by atoms with Gasteiger partial charge in [-0.3, -0.25) is 9.36 Å². The summed E-state index contributed by atoms with van der Waals surface area (Å²) in [5.41, 5.74) is 3.24. The Morgan fingerprint density at radius 2 is 1.85 bits per heavy atom. The first kappa shape index (κ1) is 15.8. The minimum Gasteiger partial charge on any atom is -0.408 e. The number of aryl methyl sites for hydroxylation is 1. The summed E-state index contributed by atoms with van der Waals surface area (Å²) in [4.78, 5) is 27.0. The average Bonchev–Trinajstić information content (AvgIpc) is 3.21. The molecule has 130 valence electrons. The van der Waals surface area contributed by atoms with Gasteiger partial charge in [0, 0.05) is 30.8 Å². The number of hydrogen-bond acceptors (Lipinski definition) is 6. The number of carbonyl (C=O) groups excluding carboxylic acids is 1. The molecule has 2 aromatic carbocycles. The van der Waals surface area contributed by atoms with Gasteiger partial charge in [0.1, 0.15) is 0 Å². The molecule has 2 aromatic heterocycles. The van der Waals surface area contributed by atoms with Gasteiger partial charge in [0.25, 0.3) is 5.89 Å². The number of benzene rings is 2. The second-order valence-corrected chi connectivity index (χ2v) is 5.79. The van der Waals surface area contributed by atoms with E-state index in [0.717, 1.165) is 5.56 Å². The molecule has 4 rings (SSSR count). The molecule has 4 aromatic rings. The van der Waals surface area contributed by atoms with Gasteiger partial charge in [-0.15, -0.1) is 0 Å². The molecule has 0 aliphatic rings. The molecule has 8 heteroatoms. The number of aromatic nitrogens is 3. The van der Waals surface area contributed by atoms with Crippen LogP contribution in [0, 0.1) is 0 Å². The van der Waals surface area contributed by atoms with Crippen LogP contribution >= 0.6 is 0 Å². The molecule has 0 saturated carbocycles. The molecule has 0 aliphatic carbocycles. The number of amides is 1. The van der Waals surface area contributed by atoms with Crippen molar-refractivity contribution in [3.8, 4) is 22.8 Å². The minimum atomic E-state index is -0.426. The highest BCUT2D eigenvalue weighted by atomic mass is 16.5. The van der Waals surface area contributed by atoms with Gasteiger partial charge in [0.05, 0.1) is 5.52 Å². The molecule has 1 amide bonds. The van der Waals surface area contributed by atoms with Crippen LogP contribution in [0.5, 0.6) is 0 Å². The number of nitrogens with zero attached hydrogens (tertiary/aromatic N) is 3. The van der Waals surface area contributed by atoms with E-state index in [9.17, 15) is 9.59 Å². The average molecular weight is 350 g/mol. The van der Waals surface area contributed by atoms with Crippen molar-refractivity contribution in [1.82, 2.24) is 14.7 Å². The molecule has 0 unspecified atom stereocenters. The maximum Gasteiger partial charge on any atom is 0.419 e. The van der Waals surface area contributed by atoms with Gasteiger partial charge < -0.3 is 14.3 Å². The van der Waals surface area contributed by atoms with E-state index in [2.05, 4.69) is 15.5 Å². The number of nitrogens with one attached hydrogen (secondary N) is 1. The maximum atomic E-state index is 11.6. The van der Waals surface area contributed by atoms with Gasteiger partial charge >= 0.3 is 5.76 Å². The van der Waals surface area contributed by atoms with Crippen molar-refractivity contribution in [2.75, 3.05) is 5.32 Å². The lowest BCUT2D eigenvalue weighted by Gasteiger charge is -2.01. The molecule has 0 bridgehead atoms. The Balaban J connectivity index is 1.65. The first-order chi connectivity index (χ1) is 12.5. The Kier molecular flexibility index (Phi) is 3.65. The van der Waals surface area contributed by atoms with Crippen LogP contribution in [0.3, 0.4) is 0 Å². The lowest BCUT2D eigenvalue weighted by atomic mass is 10.2. The first-order valence-electron chi connectivity index (χ1n) is 7.83. The second-order valence-electron chi connectivity index (χ2n) is 5.79. The normalized spacial score (nSPS) is 11.0. The number of oxazole rings is 1. The summed E-state index contributed by atoms with van der Waals surface area (Å²) < 4.78 is 11.9. The molecular formula is C18H14N4O4. The number of hydrogen-bond donors (Lipinski definition) is 1. The molecule has 1 N–H and O–H groups in total. The van der Waals surface area contributed by atoms with Gasteiger partial charge in [-0.05, 0) is 42.5 Å². The Labute approximate surface area is 147 Å². The van der Waals surface area contributed by atoms with Gasteiger partial charge in [0.2, 0.25) is 11.7 Å². The van der Waals surface area contributed by atoms with Crippen LogP contribution in [-0.2, 0) is 11.8 Å². The molecule has 0 atom stereocenters. The fourth-order valence-electron chi connectivity index (χ4n) is 2.63.